The minimum atomic E-state index is 0.0116. The van der Waals surface area contributed by atoms with E-state index in [1.807, 2.05) is 47.7 Å². The summed E-state index contributed by atoms with van der Waals surface area (Å²) in [5, 5.41) is 1.96. The highest BCUT2D eigenvalue weighted by molar-refractivity contribution is 7.12. The summed E-state index contributed by atoms with van der Waals surface area (Å²) in [6.45, 7) is 3.57. The molecule has 128 valence electrons. The lowest BCUT2D eigenvalue weighted by Gasteiger charge is -2.34. The zero-order chi connectivity index (χ0) is 17.2. The number of pyridine rings is 1. The van der Waals surface area contributed by atoms with Crippen LogP contribution in [0.15, 0.2) is 48.4 Å². The van der Waals surface area contributed by atoms with Crippen LogP contribution in [0.5, 0.6) is 5.88 Å². The number of hydrogen-bond acceptors (Lipinski definition) is 5. The number of thiophene rings is 1. The summed E-state index contributed by atoms with van der Waals surface area (Å²) in [4.78, 5) is 24.0. The normalized spacial score (nSPS) is 16.5. The molecule has 1 aliphatic heterocycles. The van der Waals surface area contributed by atoms with Gasteiger partial charge in [0.2, 0.25) is 5.88 Å². The molecular weight excluding hydrogens is 336 g/mol. The van der Waals surface area contributed by atoms with Crippen molar-refractivity contribution in [1.29, 1.82) is 0 Å². The minimum Gasteiger partial charge on any atom is -0.475 e. The predicted molar refractivity (Wildman–Crippen MR) is 94.8 cm³/mol. The molecule has 1 amide bonds. The molecule has 4 heterocycles. The molecular formula is C18H18N4O2S. The van der Waals surface area contributed by atoms with Gasteiger partial charge in [-0.25, -0.2) is 9.97 Å². The number of imidazole rings is 1. The van der Waals surface area contributed by atoms with E-state index in [4.69, 9.17) is 4.74 Å². The first-order valence-corrected chi connectivity index (χ1v) is 8.98. The first kappa shape index (κ1) is 15.8. The molecule has 0 saturated carbocycles. The highest BCUT2D eigenvalue weighted by Crippen LogP contribution is 2.25. The molecule has 0 fully saturated rings. The average molecular weight is 354 g/mol. The number of hydrogen-bond donors (Lipinski definition) is 0. The molecule has 0 saturated heterocycles. The summed E-state index contributed by atoms with van der Waals surface area (Å²) in [5.74, 6) is 0.657. The van der Waals surface area contributed by atoms with Gasteiger partial charge in [0.1, 0.15) is 6.61 Å². The fourth-order valence-electron chi connectivity index (χ4n) is 3.02. The highest BCUT2D eigenvalue weighted by Gasteiger charge is 2.30. The Morgan fingerprint density at radius 3 is 3.08 bits per heavy atom. The van der Waals surface area contributed by atoms with Crippen LogP contribution in [0.1, 0.15) is 27.0 Å². The summed E-state index contributed by atoms with van der Waals surface area (Å²) < 4.78 is 7.91. The molecule has 0 radical (unpaired) electrons. The van der Waals surface area contributed by atoms with Gasteiger partial charge in [0, 0.05) is 25.0 Å². The second-order valence-electron chi connectivity index (χ2n) is 6.04. The summed E-state index contributed by atoms with van der Waals surface area (Å²) in [5.41, 5.74) is 2.04. The standard InChI is InChI=1S/C18H18N4O2S/c1-13-5-7-25-17(13)18(23)21-9-14-8-19-12-22(14)15(10-21)11-24-16-4-2-3-6-20-16/h2-8,12,15H,9-11H2,1H3/t15-/m0/s1. The molecule has 3 aromatic heterocycles. The van der Waals surface area contributed by atoms with Crippen molar-refractivity contribution in [2.45, 2.75) is 19.5 Å². The molecule has 3 aromatic rings. The molecule has 1 atom stereocenters. The van der Waals surface area contributed by atoms with Crippen LogP contribution in [0.4, 0.5) is 0 Å². The number of carbonyl (C=O) groups excluding carboxylic acids is 1. The summed E-state index contributed by atoms with van der Waals surface area (Å²) in [7, 11) is 0. The Morgan fingerprint density at radius 1 is 1.40 bits per heavy atom. The number of fused-ring (bicyclic) bond motifs is 1. The van der Waals surface area contributed by atoms with Gasteiger partial charge in [0.05, 0.1) is 29.5 Å². The summed E-state index contributed by atoms with van der Waals surface area (Å²) in [6.07, 6.45) is 5.32. The van der Waals surface area contributed by atoms with Gasteiger partial charge < -0.3 is 14.2 Å². The van der Waals surface area contributed by atoms with Crippen LogP contribution in [-0.2, 0) is 6.54 Å². The predicted octanol–water partition coefficient (Wildman–Crippen LogP) is 2.92. The Hall–Kier alpha value is -2.67. The van der Waals surface area contributed by atoms with E-state index in [1.165, 1.54) is 11.3 Å². The molecule has 1 aliphatic rings. The molecule has 0 aliphatic carbocycles. The van der Waals surface area contributed by atoms with E-state index >= 15 is 0 Å². The zero-order valence-electron chi connectivity index (χ0n) is 13.8. The Balaban J connectivity index is 1.53. The van der Waals surface area contributed by atoms with Crippen LogP contribution >= 0.6 is 11.3 Å². The van der Waals surface area contributed by atoms with Gasteiger partial charge in [-0.15, -0.1) is 11.3 Å². The Labute approximate surface area is 149 Å². The van der Waals surface area contributed by atoms with Crippen molar-refractivity contribution in [3.8, 4) is 5.88 Å². The van der Waals surface area contributed by atoms with Crippen LogP contribution < -0.4 is 4.74 Å². The Bertz CT molecular complexity index is 874. The maximum atomic E-state index is 12.9. The maximum Gasteiger partial charge on any atom is 0.264 e. The second-order valence-corrected chi connectivity index (χ2v) is 6.96. The number of carbonyl (C=O) groups is 1. The molecule has 6 nitrogen and oxygen atoms in total. The lowest BCUT2D eigenvalue weighted by Crippen LogP contribution is -2.42. The SMILES string of the molecule is Cc1ccsc1C(=O)N1Cc2cncn2[C@H](COc2ccccn2)C1. The first-order valence-electron chi connectivity index (χ1n) is 8.10. The average Bonchev–Trinajstić information content (AvgIpc) is 3.28. The third-order valence-electron chi connectivity index (χ3n) is 4.33. The molecule has 0 bridgehead atoms. The van der Waals surface area contributed by atoms with Crippen molar-refractivity contribution in [1.82, 2.24) is 19.4 Å². The topological polar surface area (TPSA) is 60.2 Å². The highest BCUT2D eigenvalue weighted by atomic mass is 32.1. The van der Waals surface area contributed by atoms with Crippen LogP contribution in [0.3, 0.4) is 0 Å². The molecule has 0 N–H and O–H groups in total. The number of ether oxygens (including phenoxy) is 1. The van der Waals surface area contributed by atoms with E-state index in [2.05, 4.69) is 14.5 Å². The fourth-order valence-corrected chi connectivity index (χ4v) is 3.92. The maximum absolute atomic E-state index is 12.9. The quantitative estimate of drug-likeness (QED) is 0.723. The van der Waals surface area contributed by atoms with Crippen molar-refractivity contribution < 1.29 is 9.53 Å². The molecule has 4 rings (SSSR count). The van der Waals surface area contributed by atoms with E-state index in [0.29, 0.717) is 25.6 Å². The zero-order valence-corrected chi connectivity index (χ0v) is 14.6. The van der Waals surface area contributed by atoms with Gasteiger partial charge in [-0.1, -0.05) is 6.07 Å². The van der Waals surface area contributed by atoms with Crippen molar-refractivity contribution in [3.63, 3.8) is 0 Å². The lowest BCUT2D eigenvalue weighted by molar-refractivity contribution is 0.0650. The van der Waals surface area contributed by atoms with Crippen molar-refractivity contribution >= 4 is 17.2 Å². The molecule has 0 unspecified atom stereocenters. The van der Waals surface area contributed by atoms with E-state index in [1.54, 1.807) is 12.5 Å². The molecule has 0 aromatic carbocycles. The van der Waals surface area contributed by atoms with Crippen LogP contribution in [0, 0.1) is 6.92 Å². The number of nitrogens with zero attached hydrogens (tertiary/aromatic N) is 4. The monoisotopic (exact) mass is 354 g/mol. The van der Waals surface area contributed by atoms with Crippen LogP contribution in [-0.4, -0.2) is 38.5 Å². The molecule has 0 spiro atoms. The van der Waals surface area contributed by atoms with Gasteiger partial charge in [0.15, 0.2) is 0 Å². The third kappa shape index (κ3) is 3.15. The number of aromatic nitrogens is 3. The van der Waals surface area contributed by atoms with Crippen molar-refractivity contribution in [2.75, 3.05) is 13.2 Å². The van der Waals surface area contributed by atoms with Crippen molar-refractivity contribution in [3.05, 3.63) is 64.5 Å². The smallest absolute Gasteiger partial charge is 0.264 e. The molecule has 25 heavy (non-hydrogen) atoms. The van der Waals surface area contributed by atoms with Gasteiger partial charge in [-0.3, -0.25) is 4.79 Å². The van der Waals surface area contributed by atoms with E-state index in [-0.39, 0.29) is 11.9 Å². The van der Waals surface area contributed by atoms with Crippen molar-refractivity contribution in [2.24, 2.45) is 0 Å². The Kier molecular flexibility index (Phi) is 4.23. The van der Waals surface area contributed by atoms with Crippen LogP contribution in [0.2, 0.25) is 0 Å². The largest absolute Gasteiger partial charge is 0.475 e. The minimum absolute atomic E-state index is 0.0116. The molecule has 7 heteroatoms. The van der Waals surface area contributed by atoms with E-state index in [0.717, 1.165) is 16.1 Å². The summed E-state index contributed by atoms with van der Waals surface area (Å²) in [6, 6.07) is 7.56. The Morgan fingerprint density at radius 2 is 2.32 bits per heavy atom. The number of aryl methyl sites for hydroxylation is 1. The lowest BCUT2D eigenvalue weighted by atomic mass is 10.1. The van der Waals surface area contributed by atoms with Gasteiger partial charge in [-0.05, 0) is 30.0 Å². The number of amides is 1. The first-order chi connectivity index (χ1) is 12.2. The van der Waals surface area contributed by atoms with E-state index < -0.39 is 0 Å². The van der Waals surface area contributed by atoms with Crippen LogP contribution in [0.25, 0.3) is 0 Å². The van der Waals surface area contributed by atoms with Gasteiger partial charge in [0.25, 0.3) is 5.91 Å². The van der Waals surface area contributed by atoms with E-state index in [9.17, 15) is 4.79 Å². The van der Waals surface area contributed by atoms with Gasteiger partial charge >= 0.3 is 0 Å². The summed E-state index contributed by atoms with van der Waals surface area (Å²) >= 11 is 1.49. The second kappa shape index (κ2) is 6.68. The third-order valence-corrected chi connectivity index (χ3v) is 5.33. The fraction of sp³-hybridized carbons (Fsp3) is 0.278. The van der Waals surface area contributed by atoms with Gasteiger partial charge in [-0.2, -0.15) is 0 Å². The number of rotatable bonds is 4.